The minimum absolute atomic E-state index is 0.0216. The molecule has 28 heavy (non-hydrogen) atoms. The van der Waals surface area contributed by atoms with Crippen LogP contribution in [0, 0.1) is 11.8 Å². The zero-order valence-electron chi connectivity index (χ0n) is 15.1. The van der Waals surface area contributed by atoms with Crippen molar-refractivity contribution in [3.05, 3.63) is 6.33 Å². The predicted octanol–water partition coefficient (Wildman–Crippen LogP) is 1.24. The molecular formula is C16H22F3N5O3S. The third-order valence-corrected chi connectivity index (χ3v) is 7.81. The summed E-state index contributed by atoms with van der Waals surface area (Å²) in [6, 6.07) is -2.10. The average molecular weight is 421 g/mol. The predicted molar refractivity (Wildman–Crippen MR) is 93.2 cm³/mol. The number of nitrogens with one attached hydrogen (secondary N) is 1. The van der Waals surface area contributed by atoms with Crippen LogP contribution in [-0.2, 0) is 14.6 Å². The maximum atomic E-state index is 13.4. The molecule has 4 rings (SSSR count). The van der Waals surface area contributed by atoms with Crippen LogP contribution in [0.5, 0.6) is 0 Å². The molecule has 3 aliphatic rings. The summed E-state index contributed by atoms with van der Waals surface area (Å²) in [5.74, 6) is -0.587. The second-order valence-corrected chi connectivity index (χ2v) is 10.1. The molecule has 4 heterocycles. The van der Waals surface area contributed by atoms with Gasteiger partial charge in [-0.05, 0) is 31.6 Å². The lowest BCUT2D eigenvalue weighted by molar-refractivity contribution is -0.174. The van der Waals surface area contributed by atoms with Crippen molar-refractivity contribution >= 4 is 21.7 Å². The van der Waals surface area contributed by atoms with Gasteiger partial charge in [-0.15, -0.1) is 0 Å². The number of anilines is 1. The number of rotatable bonds is 2. The van der Waals surface area contributed by atoms with E-state index in [0.29, 0.717) is 32.4 Å². The van der Waals surface area contributed by atoms with Crippen molar-refractivity contribution in [1.82, 2.24) is 19.7 Å². The number of sulfone groups is 1. The van der Waals surface area contributed by atoms with Gasteiger partial charge in [-0.1, -0.05) is 0 Å². The molecule has 1 unspecified atom stereocenters. The van der Waals surface area contributed by atoms with Gasteiger partial charge in [0.05, 0.1) is 17.4 Å². The topological polar surface area (TPSA) is 97.2 Å². The number of carbonyl (C=O) groups excluding carboxylic acids is 1. The van der Waals surface area contributed by atoms with Crippen LogP contribution in [0.3, 0.4) is 0 Å². The second-order valence-electron chi connectivity index (χ2n) is 7.83. The van der Waals surface area contributed by atoms with Crippen LogP contribution in [0.4, 0.5) is 19.1 Å². The largest absolute Gasteiger partial charge is 0.411 e. The molecule has 0 aliphatic carbocycles. The Morgan fingerprint density at radius 3 is 2.54 bits per heavy atom. The molecule has 1 amide bonds. The van der Waals surface area contributed by atoms with Crippen LogP contribution in [0.15, 0.2) is 6.33 Å². The van der Waals surface area contributed by atoms with Gasteiger partial charge in [0.1, 0.15) is 6.33 Å². The molecule has 2 fully saturated rings. The Kier molecular flexibility index (Phi) is 4.79. The van der Waals surface area contributed by atoms with Gasteiger partial charge in [0, 0.05) is 19.1 Å². The fourth-order valence-corrected chi connectivity index (χ4v) is 6.23. The lowest BCUT2D eigenvalue weighted by Crippen LogP contribution is -2.48. The summed E-state index contributed by atoms with van der Waals surface area (Å²) >= 11 is 0. The van der Waals surface area contributed by atoms with Gasteiger partial charge in [0.15, 0.2) is 15.9 Å². The average Bonchev–Trinajstić information content (AvgIpc) is 3.25. The Morgan fingerprint density at radius 2 is 1.93 bits per heavy atom. The highest BCUT2D eigenvalue weighted by molar-refractivity contribution is 7.91. The molecule has 0 saturated carbocycles. The summed E-state index contributed by atoms with van der Waals surface area (Å²) in [5.41, 5.74) is 0. The van der Waals surface area contributed by atoms with Crippen LogP contribution in [0.1, 0.15) is 31.7 Å². The number of nitrogens with zero attached hydrogens (tertiary/aromatic N) is 4. The van der Waals surface area contributed by atoms with E-state index in [0.717, 1.165) is 11.0 Å². The first kappa shape index (κ1) is 19.5. The molecule has 2 saturated heterocycles. The number of halogens is 3. The first-order valence-corrected chi connectivity index (χ1v) is 11.2. The number of amides is 1. The minimum atomic E-state index is -4.41. The van der Waals surface area contributed by atoms with E-state index in [1.807, 2.05) is 0 Å². The van der Waals surface area contributed by atoms with Gasteiger partial charge in [0.2, 0.25) is 11.9 Å². The zero-order chi connectivity index (χ0) is 20.1. The Labute approximate surface area is 160 Å². The molecular weight excluding hydrogens is 399 g/mol. The number of hydrogen-bond donors (Lipinski definition) is 1. The van der Waals surface area contributed by atoms with E-state index < -0.39 is 34.0 Å². The van der Waals surface area contributed by atoms with E-state index in [9.17, 15) is 26.4 Å². The Bertz CT molecular complexity index is 848. The van der Waals surface area contributed by atoms with Crippen molar-refractivity contribution in [2.75, 3.05) is 29.9 Å². The quantitative estimate of drug-likeness (QED) is 0.772. The van der Waals surface area contributed by atoms with E-state index in [-0.39, 0.29) is 35.7 Å². The molecule has 3 aliphatic heterocycles. The maximum Gasteiger partial charge on any atom is 0.411 e. The van der Waals surface area contributed by atoms with Gasteiger partial charge in [-0.3, -0.25) is 4.79 Å². The Hall–Kier alpha value is -1.85. The fourth-order valence-electron chi connectivity index (χ4n) is 4.50. The van der Waals surface area contributed by atoms with Gasteiger partial charge in [-0.25, -0.2) is 13.1 Å². The molecule has 0 bridgehead atoms. The SMILES string of the molecule is O=C(C1CCS(=O)(=O)C1)N1CCC([C@@H]2C[C@H](C(F)(F)F)n3ncnc3N2)CC1. The Balaban J connectivity index is 1.38. The summed E-state index contributed by atoms with van der Waals surface area (Å²) in [6.45, 7) is 0.864. The molecule has 1 aromatic rings. The molecule has 12 heteroatoms. The number of carbonyl (C=O) groups is 1. The smallest absolute Gasteiger partial charge is 0.351 e. The number of hydrogen-bond acceptors (Lipinski definition) is 6. The highest BCUT2D eigenvalue weighted by atomic mass is 32.2. The number of piperidine rings is 1. The van der Waals surface area contributed by atoms with Crippen molar-refractivity contribution in [1.29, 1.82) is 0 Å². The standard InChI is InChI=1S/C16H22F3N5O3S/c17-16(18,19)13-7-12(22-15-20-9-21-24(13)15)10-1-4-23(5-2-10)14(25)11-3-6-28(26,27)8-11/h9-13H,1-8H2,(H,20,21,22)/t11?,12-,13+/m0/s1. The summed E-state index contributed by atoms with van der Waals surface area (Å²) in [4.78, 5) is 18.1. The summed E-state index contributed by atoms with van der Waals surface area (Å²) < 4.78 is 64.3. The molecule has 156 valence electrons. The van der Waals surface area contributed by atoms with E-state index >= 15 is 0 Å². The zero-order valence-corrected chi connectivity index (χ0v) is 15.9. The normalized spacial score (nSPS) is 30.7. The summed E-state index contributed by atoms with van der Waals surface area (Å²) in [7, 11) is -3.13. The molecule has 8 nitrogen and oxygen atoms in total. The number of likely N-dealkylation sites (tertiary alicyclic amines) is 1. The van der Waals surface area contributed by atoms with Crippen LogP contribution < -0.4 is 5.32 Å². The van der Waals surface area contributed by atoms with Crippen molar-refractivity contribution in [3.8, 4) is 0 Å². The second kappa shape index (κ2) is 6.89. The van der Waals surface area contributed by atoms with Gasteiger partial charge in [-0.2, -0.15) is 23.3 Å². The van der Waals surface area contributed by atoms with Gasteiger partial charge < -0.3 is 10.2 Å². The van der Waals surface area contributed by atoms with Gasteiger partial charge in [0.25, 0.3) is 0 Å². The van der Waals surface area contributed by atoms with Crippen molar-refractivity contribution in [2.24, 2.45) is 11.8 Å². The van der Waals surface area contributed by atoms with Crippen LogP contribution in [-0.4, -0.2) is 70.8 Å². The minimum Gasteiger partial charge on any atom is -0.351 e. The van der Waals surface area contributed by atoms with Gasteiger partial charge >= 0.3 is 6.18 Å². The number of fused-ring (bicyclic) bond motifs is 1. The van der Waals surface area contributed by atoms with Crippen LogP contribution in [0.25, 0.3) is 0 Å². The molecule has 1 aromatic heterocycles. The molecule has 0 aromatic carbocycles. The number of alkyl halides is 3. The highest BCUT2D eigenvalue weighted by Gasteiger charge is 2.48. The molecule has 3 atom stereocenters. The highest BCUT2D eigenvalue weighted by Crippen LogP contribution is 2.41. The monoisotopic (exact) mass is 421 g/mol. The van der Waals surface area contributed by atoms with E-state index in [2.05, 4.69) is 15.4 Å². The fraction of sp³-hybridized carbons (Fsp3) is 0.812. The third kappa shape index (κ3) is 3.70. The van der Waals surface area contributed by atoms with E-state index in [4.69, 9.17) is 0 Å². The third-order valence-electron chi connectivity index (χ3n) is 6.04. The molecule has 0 spiro atoms. The first-order chi connectivity index (χ1) is 13.1. The van der Waals surface area contributed by atoms with Crippen LogP contribution >= 0.6 is 0 Å². The molecule has 0 radical (unpaired) electrons. The van der Waals surface area contributed by atoms with E-state index in [1.54, 1.807) is 4.90 Å². The lowest BCUT2D eigenvalue weighted by atomic mass is 9.84. The number of aromatic nitrogens is 3. The first-order valence-electron chi connectivity index (χ1n) is 9.36. The summed E-state index contributed by atoms with van der Waals surface area (Å²) in [5, 5.41) is 6.76. The van der Waals surface area contributed by atoms with Crippen molar-refractivity contribution in [2.45, 2.75) is 43.9 Å². The van der Waals surface area contributed by atoms with E-state index in [1.165, 1.54) is 0 Å². The van der Waals surface area contributed by atoms with Crippen molar-refractivity contribution in [3.63, 3.8) is 0 Å². The molecule has 1 N–H and O–H groups in total. The van der Waals surface area contributed by atoms with Crippen LogP contribution in [0.2, 0.25) is 0 Å². The Morgan fingerprint density at radius 1 is 1.21 bits per heavy atom. The maximum absolute atomic E-state index is 13.4. The summed E-state index contributed by atoms with van der Waals surface area (Å²) in [6.07, 6.45) is -1.93. The van der Waals surface area contributed by atoms with Crippen molar-refractivity contribution < 1.29 is 26.4 Å². The lowest BCUT2D eigenvalue weighted by Gasteiger charge is -2.40.